The Morgan fingerprint density at radius 2 is 2.00 bits per heavy atom. The van der Waals surface area contributed by atoms with Gasteiger partial charge in [0.05, 0.1) is 0 Å². The largest absolute Gasteiger partial charge is 0.353 e. The summed E-state index contributed by atoms with van der Waals surface area (Å²) >= 11 is 0. The highest BCUT2D eigenvalue weighted by Crippen LogP contribution is 2.21. The zero-order valence-electron chi connectivity index (χ0n) is 10.6. The number of nitrogens with zero attached hydrogens (tertiary/aromatic N) is 1. The van der Waals surface area contributed by atoms with Crippen molar-refractivity contribution in [3.8, 4) is 0 Å². The van der Waals surface area contributed by atoms with Gasteiger partial charge in [0.15, 0.2) is 0 Å². The number of hydrogen-bond donors (Lipinski definition) is 1. The molecule has 0 radical (unpaired) electrons. The lowest BCUT2D eigenvalue weighted by Gasteiger charge is -2.35. The second-order valence-electron chi connectivity index (χ2n) is 5.16. The summed E-state index contributed by atoms with van der Waals surface area (Å²) in [6.45, 7) is 2.94. The molecular weight excluding hydrogens is 216 g/mol. The molecule has 4 nitrogen and oxygen atoms in total. The number of hydrogen-bond acceptors (Lipinski definition) is 2. The molecule has 0 aromatic carbocycles. The first-order valence-corrected chi connectivity index (χ1v) is 6.79. The molecule has 2 rings (SSSR count). The van der Waals surface area contributed by atoms with Gasteiger partial charge in [-0.05, 0) is 38.5 Å². The molecule has 2 aliphatic rings. The van der Waals surface area contributed by atoms with Gasteiger partial charge in [-0.2, -0.15) is 0 Å². The number of carbonyl (C=O) groups excluding carboxylic acids is 2. The zero-order chi connectivity index (χ0) is 12.3. The standard InChI is InChI=1S/C13H22N2O2/c1-2-11-5-3-4-8-15(11)13(17)9-12(16)14-10-6-7-10/h10-11H,2-9H2,1H3,(H,14,16). The summed E-state index contributed by atoms with van der Waals surface area (Å²) in [6.07, 6.45) is 6.54. The van der Waals surface area contributed by atoms with Crippen LogP contribution in [0.25, 0.3) is 0 Å². The lowest BCUT2D eigenvalue weighted by Crippen LogP contribution is -2.45. The maximum absolute atomic E-state index is 12.0. The number of nitrogens with one attached hydrogen (secondary N) is 1. The molecule has 2 fully saturated rings. The van der Waals surface area contributed by atoms with E-state index < -0.39 is 0 Å². The van der Waals surface area contributed by atoms with Gasteiger partial charge in [-0.15, -0.1) is 0 Å². The van der Waals surface area contributed by atoms with E-state index in [1.165, 1.54) is 6.42 Å². The minimum Gasteiger partial charge on any atom is -0.353 e. The van der Waals surface area contributed by atoms with E-state index in [0.29, 0.717) is 12.1 Å². The Hall–Kier alpha value is -1.06. The number of likely N-dealkylation sites (tertiary alicyclic amines) is 1. The summed E-state index contributed by atoms with van der Waals surface area (Å²) in [5.41, 5.74) is 0. The number of amides is 2. The third-order valence-corrected chi connectivity index (χ3v) is 3.67. The topological polar surface area (TPSA) is 49.4 Å². The maximum atomic E-state index is 12.0. The third kappa shape index (κ3) is 3.45. The monoisotopic (exact) mass is 238 g/mol. The van der Waals surface area contributed by atoms with Crippen molar-refractivity contribution in [2.45, 2.75) is 64.0 Å². The summed E-state index contributed by atoms with van der Waals surface area (Å²) in [5.74, 6) is -0.0902. The summed E-state index contributed by atoms with van der Waals surface area (Å²) < 4.78 is 0. The minimum atomic E-state index is -0.0991. The molecule has 96 valence electrons. The fraction of sp³-hybridized carbons (Fsp3) is 0.846. The van der Waals surface area contributed by atoms with Crippen LogP contribution in [0.1, 0.15) is 51.9 Å². The predicted octanol–water partition coefficient (Wildman–Crippen LogP) is 1.45. The van der Waals surface area contributed by atoms with Crippen molar-refractivity contribution in [1.29, 1.82) is 0 Å². The normalized spacial score (nSPS) is 24.5. The van der Waals surface area contributed by atoms with Gasteiger partial charge in [0.1, 0.15) is 6.42 Å². The molecule has 1 aliphatic heterocycles. The zero-order valence-corrected chi connectivity index (χ0v) is 10.6. The molecule has 1 saturated carbocycles. The van der Waals surface area contributed by atoms with Crippen LogP contribution in [0.4, 0.5) is 0 Å². The Morgan fingerprint density at radius 3 is 2.65 bits per heavy atom. The minimum absolute atomic E-state index is 0.00898. The molecule has 1 unspecified atom stereocenters. The van der Waals surface area contributed by atoms with Crippen LogP contribution in [0.15, 0.2) is 0 Å². The van der Waals surface area contributed by atoms with Crippen LogP contribution >= 0.6 is 0 Å². The van der Waals surface area contributed by atoms with Crippen LogP contribution in [-0.4, -0.2) is 35.3 Å². The highest BCUT2D eigenvalue weighted by Gasteiger charge is 2.28. The Kier molecular flexibility index (Phi) is 4.02. The van der Waals surface area contributed by atoms with Gasteiger partial charge >= 0.3 is 0 Å². The van der Waals surface area contributed by atoms with Crippen LogP contribution in [0.2, 0.25) is 0 Å². The molecule has 1 saturated heterocycles. The van der Waals surface area contributed by atoms with Crippen LogP contribution in [0, 0.1) is 0 Å². The van der Waals surface area contributed by atoms with E-state index in [9.17, 15) is 9.59 Å². The molecule has 1 N–H and O–H groups in total. The van der Waals surface area contributed by atoms with Gasteiger partial charge in [-0.1, -0.05) is 6.92 Å². The number of carbonyl (C=O) groups is 2. The van der Waals surface area contributed by atoms with Crippen molar-refractivity contribution in [2.75, 3.05) is 6.54 Å². The Morgan fingerprint density at radius 1 is 1.24 bits per heavy atom. The Bertz CT molecular complexity index is 300. The molecule has 0 bridgehead atoms. The first kappa shape index (κ1) is 12.4. The number of piperidine rings is 1. The van der Waals surface area contributed by atoms with Crippen molar-refractivity contribution in [3.05, 3.63) is 0 Å². The molecular formula is C13H22N2O2. The smallest absolute Gasteiger partial charge is 0.232 e. The Balaban J connectivity index is 1.81. The fourth-order valence-electron chi connectivity index (χ4n) is 2.50. The molecule has 1 heterocycles. The van der Waals surface area contributed by atoms with E-state index in [1.807, 2.05) is 4.90 Å². The highest BCUT2D eigenvalue weighted by molar-refractivity contribution is 5.97. The van der Waals surface area contributed by atoms with Crippen LogP contribution in [-0.2, 0) is 9.59 Å². The molecule has 1 atom stereocenters. The van der Waals surface area contributed by atoms with Gasteiger partial charge in [-0.25, -0.2) is 0 Å². The molecule has 0 aromatic heterocycles. The van der Waals surface area contributed by atoms with Gasteiger partial charge in [0.2, 0.25) is 11.8 Å². The van der Waals surface area contributed by atoms with E-state index >= 15 is 0 Å². The van der Waals surface area contributed by atoms with Gasteiger partial charge in [0.25, 0.3) is 0 Å². The molecule has 4 heteroatoms. The second kappa shape index (κ2) is 5.52. The van der Waals surface area contributed by atoms with Gasteiger partial charge in [-0.3, -0.25) is 9.59 Å². The molecule has 17 heavy (non-hydrogen) atoms. The summed E-state index contributed by atoms with van der Waals surface area (Å²) in [5, 5.41) is 2.87. The molecule has 0 aromatic rings. The first-order chi connectivity index (χ1) is 8.20. The highest BCUT2D eigenvalue weighted by atomic mass is 16.2. The van der Waals surface area contributed by atoms with E-state index in [2.05, 4.69) is 12.2 Å². The lowest BCUT2D eigenvalue weighted by atomic mass is 9.99. The quantitative estimate of drug-likeness (QED) is 0.754. The summed E-state index contributed by atoms with van der Waals surface area (Å²) in [6, 6.07) is 0.698. The SMILES string of the molecule is CCC1CCCCN1C(=O)CC(=O)NC1CC1. The average molecular weight is 238 g/mol. The maximum Gasteiger partial charge on any atom is 0.232 e. The number of rotatable bonds is 4. The van der Waals surface area contributed by atoms with Gasteiger partial charge < -0.3 is 10.2 Å². The van der Waals surface area contributed by atoms with Crippen molar-refractivity contribution in [2.24, 2.45) is 0 Å². The predicted molar refractivity (Wildman–Crippen MR) is 65.4 cm³/mol. The van der Waals surface area contributed by atoms with Crippen LogP contribution in [0.5, 0.6) is 0 Å². The van der Waals surface area contributed by atoms with Crippen LogP contribution in [0.3, 0.4) is 0 Å². The van der Waals surface area contributed by atoms with Crippen molar-refractivity contribution in [3.63, 3.8) is 0 Å². The molecule has 2 amide bonds. The fourth-order valence-corrected chi connectivity index (χ4v) is 2.50. The molecule has 1 aliphatic carbocycles. The van der Waals surface area contributed by atoms with Crippen molar-refractivity contribution < 1.29 is 9.59 Å². The van der Waals surface area contributed by atoms with Crippen molar-refractivity contribution >= 4 is 11.8 Å². The third-order valence-electron chi connectivity index (χ3n) is 3.67. The molecule has 0 spiro atoms. The van der Waals surface area contributed by atoms with E-state index in [0.717, 1.165) is 38.6 Å². The Labute approximate surface area is 103 Å². The average Bonchev–Trinajstić information content (AvgIpc) is 3.12. The summed E-state index contributed by atoms with van der Waals surface area (Å²) in [7, 11) is 0. The summed E-state index contributed by atoms with van der Waals surface area (Å²) in [4.78, 5) is 25.5. The van der Waals surface area contributed by atoms with Crippen LogP contribution < -0.4 is 5.32 Å². The van der Waals surface area contributed by atoms with E-state index in [-0.39, 0.29) is 18.2 Å². The van der Waals surface area contributed by atoms with Gasteiger partial charge in [0, 0.05) is 18.6 Å². The van der Waals surface area contributed by atoms with Crippen molar-refractivity contribution in [1.82, 2.24) is 10.2 Å². The van der Waals surface area contributed by atoms with E-state index in [1.54, 1.807) is 0 Å². The first-order valence-electron chi connectivity index (χ1n) is 6.79. The second-order valence-corrected chi connectivity index (χ2v) is 5.16. The lowest BCUT2D eigenvalue weighted by molar-refractivity contribution is -0.139. The van der Waals surface area contributed by atoms with E-state index in [4.69, 9.17) is 0 Å².